The van der Waals surface area contributed by atoms with E-state index >= 15 is 0 Å². The maximum Gasteiger partial charge on any atom is 0.294 e. The molecule has 0 unspecified atom stereocenters. The summed E-state index contributed by atoms with van der Waals surface area (Å²) in [6.07, 6.45) is 3.26. The van der Waals surface area contributed by atoms with Gasteiger partial charge in [0.05, 0.1) is 19.4 Å². The Morgan fingerprint density at radius 3 is 2.52 bits per heavy atom. The predicted molar refractivity (Wildman–Crippen MR) is 109 cm³/mol. The van der Waals surface area contributed by atoms with E-state index in [4.69, 9.17) is 8.83 Å². The summed E-state index contributed by atoms with van der Waals surface area (Å²) in [7, 11) is 0. The molecule has 0 saturated carbocycles. The fourth-order valence-corrected chi connectivity index (χ4v) is 3.03. The van der Waals surface area contributed by atoms with Crippen LogP contribution in [0.5, 0.6) is 0 Å². The molecule has 6 heteroatoms. The fraction of sp³-hybridized carbons (Fsp3) is 0.130. The summed E-state index contributed by atoms with van der Waals surface area (Å²) in [5.74, 6) is 1.12. The molecule has 4 aromatic rings. The number of benzene rings is 1. The molecule has 29 heavy (non-hydrogen) atoms. The molecular formula is C23H20N2O4. The summed E-state index contributed by atoms with van der Waals surface area (Å²) in [6, 6.07) is 19.6. The van der Waals surface area contributed by atoms with Gasteiger partial charge in [-0.25, -0.2) is 0 Å². The second-order valence-corrected chi connectivity index (χ2v) is 6.74. The van der Waals surface area contributed by atoms with Crippen molar-refractivity contribution in [1.29, 1.82) is 0 Å². The molecule has 146 valence electrons. The molecule has 1 amide bonds. The van der Waals surface area contributed by atoms with E-state index in [1.165, 1.54) is 10.6 Å². The lowest BCUT2D eigenvalue weighted by atomic mass is 10.2. The van der Waals surface area contributed by atoms with Crippen molar-refractivity contribution in [1.82, 2.24) is 4.57 Å². The maximum atomic E-state index is 13.2. The average Bonchev–Trinajstić information content (AvgIpc) is 3.40. The number of aromatic nitrogens is 1. The molecule has 0 aliphatic rings. The lowest BCUT2D eigenvalue weighted by Crippen LogP contribution is -2.30. The highest BCUT2D eigenvalue weighted by atomic mass is 16.4. The number of nitrogens with zero attached hydrogens (tertiary/aromatic N) is 2. The van der Waals surface area contributed by atoms with E-state index in [1.807, 2.05) is 37.3 Å². The summed E-state index contributed by atoms with van der Waals surface area (Å²) >= 11 is 0. The van der Waals surface area contributed by atoms with Crippen LogP contribution in [0, 0.1) is 6.92 Å². The molecule has 4 rings (SSSR count). The first-order chi connectivity index (χ1) is 14.1. The summed E-state index contributed by atoms with van der Waals surface area (Å²) in [6.45, 7) is 2.53. The topological polar surface area (TPSA) is 68.6 Å². The summed E-state index contributed by atoms with van der Waals surface area (Å²) in [5.41, 5.74) is 1.72. The number of pyridine rings is 1. The van der Waals surface area contributed by atoms with Gasteiger partial charge in [-0.05, 0) is 49.4 Å². The average molecular weight is 388 g/mol. The number of hydrogen-bond acceptors (Lipinski definition) is 4. The molecule has 0 saturated heterocycles. The zero-order valence-corrected chi connectivity index (χ0v) is 15.9. The van der Waals surface area contributed by atoms with Gasteiger partial charge < -0.3 is 13.4 Å². The van der Waals surface area contributed by atoms with Crippen LogP contribution in [0.3, 0.4) is 0 Å². The van der Waals surface area contributed by atoms with Crippen molar-refractivity contribution < 1.29 is 13.6 Å². The number of carbonyl (C=O) groups is 1. The fourth-order valence-electron chi connectivity index (χ4n) is 3.03. The van der Waals surface area contributed by atoms with Gasteiger partial charge in [0, 0.05) is 18.0 Å². The molecule has 0 aliphatic heterocycles. The maximum absolute atomic E-state index is 13.2. The monoisotopic (exact) mass is 388 g/mol. The van der Waals surface area contributed by atoms with Crippen LogP contribution in [0.15, 0.2) is 92.8 Å². The predicted octanol–water partition coefficient (Wildman–Crippen LogP) is 4.24. The third kappa shape index (κ3) is 4.21. The van der Waals surface area contributed by atoms with Gasteiger partial charge in [0.2, 0.25) is 0 Å². The summed E-state index contributed by atoms with van der Waals surface area (Å²) in [5, 5.41) is 0. The van der Waals surface area contributed by atoms with Gasteiger partial charge in [0.25, 0.3) is 11.5 Å². The van der Waals surface area contributed by atoms with Crippen LogP contribution >= 0.6 is 0 Å². The Hall–Kier alpha value is -3.80. The first-order valence-electron chi connectivity index (χ1n) is 9.25. The van der Waals surface area contributed by atoms with Crippen LogP contribution in [0.1, 0.15) is 27.6 Å². The number of anilines is 1. The van der Waals surface area contributed by atoms with Crippen molar-refractivity contribution in [2.24, 2.45) is 0 Å². The lowest BCUT2D eigenvalue weighted by molar-refractivity contribution is 0.0954. The van der Waals surface area contributed by atoms with Gasteiger partial charge >= 0.3 is 0 Å². The van der Waals surface area contributed by atoms with Crippen LogP contribution in [0.25, 0.3) is 0 Å². The zero-order valence-electron chi connectivity index (χ0n) is 15.9. The quantitative estimate of drug-likeness (QED) is 0.495. The van der Waals surface area contributed by atoms with E-state index in [9.17, 15) is 9.59 Å². The molecule has 3 aromatic heterocycles. The Labute approximate surface area is 167 Å². The third-order valence-electron chi connectivity index (χ3n) is 4.58. The van der Waals surface area contributed by atoms with Gasteiger partial charge in [-0.1, -0.05) is 23.8 Å². The minimum atomic E-state index is -0.281. The van der Waals surface area contributed by atoms with Crippen molar-refractivity contribution in [3.05, 3.63) is 112 Å². The van der Waals surface area contributed by atoms with Crippen molar-refractivity contribution in [2.75, 3.05) is 4.90 Å². The van der Waals surface area contributed by atoms with Crippen LogP contribution in [-0.2, 0) is 13.1 Å². The number of carbonyl (C=O) groups excluding carboxylic acids is 1. The largest absolute Gasteiger partial charge is 0.467 e. The standard InChI is InChI=1S/C23H20N2O4/c1-17-7-9-18(10-8-17)25(16-19-5-4-14-28-19)23(27)21-12-11-20(29-21)15-24-13-3-2-6-22(24)26/h2-14H,15-16H2,1H3. The SMILES string of the molecule is Cc1ccc(N(Cc2ccco2)C(=O)c2ccc(Cn3ccccc3=O)o2)cc1. The summed E-state index contributed by atoms with van der Waals surface area (Å²) in [4.78, 5) is 26.7. The minimum Gasteiger partial charge on any atom is -0.467 e. The molecule has 0 N–H and O–H groups in total. The third-order valence-corrected chi connectivity index (χ3v) is 4.58. The Kier molecular flexibility index (Phi) is 5.16. The first kappa shape index (κ1) is 18.6. The second kappa shape index (κ2) is 8.06. The van der Waals surface area contributed by atoms with Crippen LogP contribution < -0.4 is 10.5 Å². The number of furan rings is 2. The molecule has 1 aromatic carbocycles. The van der Waals surface area contributed by atoms with E-state index in [2.05, 4.69) is 0 Å². The number of amides is 1. The Morgan fingerprint density at radius 2 is 1.79 bits per heavy atom. The van der Waals surface area contributed by atoms with E-state index in [0.29, 0.717) is 11.5 Å². The van der Waals surface area contributed by atoms with E-state index in [0.717, 1.165) is 11.3 Å². The van der Waals surface area contributed by atoms with Gasteiger partial charge in [-0.2, -0.15) is 0 Å². The molecular weight excluding hydrogens is 368 g/mol. The molecule has 0 fully saturated rings. The van der Waals surface area contributed by atoms with E-state index in [1.54, 1.807) is 47.7 Å². The molecule has 0 aliphatic carbocycles. The van der Waals surface area contributed by atoms with Gasteiger partial charge in [-0.3, -0.25) is 14.5 Å². The van der Waals surface area contributed by atoms with E-state index < -0.39 is 0 Å². The zero-order chi connectivity index (χ0) is 20.2. The summed E-state index contributed by atoms with van der Waals surface area (Å²) < 4.78 is 12.7. The molecule has 3 heterocycles. The number of aryl methyl sites for hydroxylation is 1. The van der Waals surface area contributed by atoms with Crippen LogP contribution in [0.2, 0.25) is 0 Å². The van der Waals surface area contributed by atoms with Gasteiger partial charge in [0.15, 0.2) is 5.76 Å². The van der Waals surface area contributed by atoms with Crippen molar-refractivity contribution in [3.8, 4) is 0 Å². The molecule has 0 spiro atoms. The Morgan fingerprint density at radius 1 is 0.966 bits per heavy atom. The van der Waals surface area contributed by atoms with Crippen LogP contribution in [-0.4, -0.2) is 10.5 Å². The minimum absolute atomic E-state index is 0.129. The normalized spacial score (nSPS) is 10.8. The Bertz CT molecular complexity index is 1150. The van der Waals surface area contributed by atoms with Crippen molar-refractivity contribution in [2.45, 2.75) is 20.0 Å². The highest BCUT2D eigenvalue weighted by Crippen LogP contribution is 2.22. The molecule has 0 bridgehead atoms. The highest BCUT2D eigenvalue weighted by molar-refractivity contribution is 6.04. The molecule has 0 atom stereocenters. The molecule has 0 radical (unpaired) electrons. The number of hydrogen-bond donors (Lipinski definition) is 0. The van der Waals surface area contributed by atoms with Crippen molar-refractivity contribution >= 4 is 11.6 Å². The number of rotatable bonds is 6. The van der Waals surface area contributed by atoms with Crippen molar-refractivity contribution in [3.63, 3.8) is 0 Å². The molecule has 6 nitrogen and oxygen atoms in total. The Balaban J connectivity index is 1.60. The first-order valence-corrected chi connectivity index (χ1v) is 9.25. The lowest BCUT2D eigenvalue weighted by Gasteiger charge is -2.21. The second-order valence-electron chi connectivity index (χ2n) is 6.74. The highest BCUT2D eigenvalue weighted by Gasteiger charge is 2.22. The van der Waals surface area contributed by atoms with Gasteiger partial charge in [-0.15, -0.1) is 0 Å². The smallest absolute Gasteiger partial charge is 0.294 e. The van der Waals surface area contributed by atoms with Gasteiger partial charge in [0.1, 0.15) is 11.5 Å². The van der Waals surface area contributed by atoms with Crippen LogP contribution in [0.4, 0.5) is 5.69 Å². The van der Waals surface area contributed by atoms with E-state index in [-0.39, 0.29) is 30.3 Å².